The van der Waals surface area contributed by atoms with Gasteiger partial charge >= 0.3 is 5.97 Å². The summed E-state index contributed by atoms with van der Waals surface area (Å²) in [4.78, 5) is 45.3. The summed E-state index contributed by atoms with van der Waals surface area (Å²) in [6.45, 7) is -0.0207. The second kappa shape index (κ2) is 5.94. The maximum Gasteiger partial charge on any atom is 0.354 e. The predicted molar refractivity (Wildman–Crippen MR) is 92.0 cm³/mol. The van der Waals surface area contributed by atoms with Crippen LogP contribution in [0, 0.1) is 0 Å². The number of esters is 1. The zero-order valence-corrected chi connectivity index (χ0v) is 14.2. The van der Waals surface area contributed by atoms with Crippen molar-refractivity contribution < 1.29 is 19.1 Å². The lowest BCUT2D eigenvalue weighted by atomic mass is 9.97. The summed E-state index contributed by atoms with van der Waals surface area (Å²) in [7, 11) is 1.53. The van der Waals surface area contributed by atoms with E-state index in [1.807, 2.05) is 0 Å². The Morgan fingerprint density at radius 2 is 1.96 bits per heavy atom. The molecule has 7 heteroatoms. The van der Waals surface area contributed by atoms with Crippen LogP contribution in [0.2, 0.25) is 0 Å². The van der Waals surface area contributed by atoms with Gasteiger partial charge in [0.1, 0.15) is 6.61 Å². The number of benzene rings is 1. The summed E-state index contributed by atoms with van der Waals surface area (Å²) in [6.07, 6.45) is 1.98. The highest BCUT2D eigenvalue weighted by atomic mass is 16.5. The third-order valence-corrected chi connectivity index (χ3v) is 4.95. The van der Waals surface area contributed by atoms with Gasteiger partial charge in [0.05, 0.1) is 16.9 Å². The molecule has 4 rings (SSSR count). The molecule has 1 aromatic heterocycles. The summed E-state index contributed by atoms with van der Waals surface area (Å²) >= 11 is 0. The molecule has 2 aliphatic heterocycles. The molecule has 2 aliphatic rings. The van der Waals surface area contributed by atoms with Crippen LogP contribution in [0.3, 0.4) is 0 Å². The molecule has 0 aliphatic carbocycles. The van der Waals surface area contributed by atoms with Gasteiger partial charge in [-0.15, -0.1) is 0 Å². The average Bonchev–Trinajstić information content (AvgIpc) is 3.04. The minimum absolute atomic E-state index is 0.0207. The lowest BCUT2D eigenvalue weighted by Gasteiger charge is -2.46. The Kier molecular flexibility index (Phi) is 3.72. The van der Waals surface area contributed by atoms with Crippen LogP contribution in [0.1, 0.15) is 28.9 Å². The average molecular weight is 351 g/mol. The lowest BCUT2D eigenvalue weighted by molar-refractivity contribution is -0.158. The fraction of sp³-hybridized carbons (Fsp3) is 0.263. The Morgan fingerprint density at radius 3 is 2.73 bits per heavy atom. The molecule has 26 heavy (non-hydrogen) atoms. The number of carbonyl (C=O) groups is 3. The van der Waals surface area contributed by atoms with Gasteiger partial charge in [0.2, 0.25) is 11.6 Å². The van der Waals surface area contributed by atoms with E-state index >= 15 is 0 Å². The van der Waals surface area contributed by atoms with Gasteiger partial charge in [-0.1, -0.05) is 18.2 Å². The van der Waals surface area contributed by atoms with Crippen molar-refractivity contribution in [2.75, 3.05) is 11.9 Å². The van der Waals surface area contributed by atoms with Crippen LogP contribution < -0.4 is 4.90 Å². The molecule has 1 saturated heterocycles. The first-order chi connectivity index (χ1) is 12.6. The quantitative estimate of drug-likeness (QED) is 0.787. The smallest absolute Gasteiger partial charge is 0.354 e. The number of ether oxygens (including phenoxy) is 1. The van der Waals surface area contributed by atoms with Crippen molar-refractivity contribution in [3.05, 3.63) is 59.9 Å². The first kappa shape index (κ1) is 16.3. The number of pyridine rings is 1. The van der Waals surface area contributed by atoms with Gasteiger partial charge in [0, 0.05) is 26.1 Å². The number of likely N-dealkylation sites (N-methyl/N-ethyl adjacent to an activating group) is 1. The third kappa shape index (κ3) is 2.20. The molecule has 1 aromatic carbocycles. The number of para-hydroxylation sites is 1. The number of amides is 2. The largest absolute Gasteiger partial charge is 0.456 e. The van der Waals surface area contributed by atoms with Crippen LogP contribution >= 0.6 is 0 Å². The van der Waals surface area contributed by atoms with Crippen molar-refractivity contribution in [1.29, 1.82) is 0 Å². The second-order valence-corrected chi connectivity index (χ2v) is 6.32. The summed E-state index contributed by atoms with van der Waals surface area (Å²) in [5.74, 6) is -1.13. The van der Waals surface area contributed by atoms with E-state index in [1.165, 1.54) is 16.8 Å². The number of carbonyl (C=O) groups excluding carboxylic acids is 3. The maximum absolute atomic E-state index is 13.0. The lowest BCUT2D eigenvalue weighted by Crippen LogP contribution is -2.67. The number of hydrogen-bond acceptors (Lipinski definition) is 5. The van der Waals surface area contributed by atoms with E-state index in [0.29, 0.717) is 16.9 Å². The molecule has 2 aromatic rings. The van der Waals surface area contributed by atoms with Gasteiger partial charge in [0.25, 0.3) is 5.91 Å². The molecule has 0 spiro atoms. The topological polar surface area (TPSA) is 79.8 Å². The van der Waals surface area contributed by atoms with Crippen LogP contribution in [0.4, 0.5) is 5.69 Å². The van der Waals surface area contributed by atoms with E-state index in [-0.39, 0.29) is 31.3 Å². The number of rotatable bonds is 3. The summed E-state index contributed by atoms with van der Waals surface area (Å²) in [5, 5.41) is 0. The maximum atomic E-state index is 13.0. The predicted octanol–water partition coefficient (Wildman–Crippen LogP) is 1.73. The number of nitrogens with zero attached hydrogens (tertiary/aromatic N) is 3. The zero-order chi connectivity index (χ0) is 18.3. The van der Waals surface area contributed by atoms with E-state index in [9.17, 15) is 14.4 Å². The van der Waals surface area contributed by atoms with Gasteiger partial charge in [-0.3, -0.25) is 19.5 Å². The van der Waals surface area contributed by atoms with Gasteiger partial charge in [-0.05, 0) is 24.3 Å². The molecule has 0 saturated carbocycles. The molecule has 1 unspecified atom stereocenters. The highest BCUT2D eigenvalue weighted by molar-refractivity contribution is 6.15. The SMILES string of the molecule is CN1C(=O)c2ccccc2N2C(=O)CCC12C(=O)OCc1ccccn1. The van der Waals surface area contributed by atoms with E-state index in [2.05, 4.69) is 4.98 Å². The van der Waals surface area contributed by atoms with Crippen LogP contribution in [-0.4, -0.2) is 40.4 Å². The molecule has 7 nitrogen and oxygen atoms in total. The highest BCUT2D eigenvalue weighted by Crippen LogP contribution is 2.44. The normalized spacial score (nSPS) is 21.4. The van der Waals surface area contributed by atoms with Crippen molar-refractivity contribution in [2.24, 2.45) is 0 Å². The number of hydrogen-bond donors (Lipinski definition) is 0. The van der Waals surface area contributed by atoms with Crippen molar-refractivity contribution in [2.45, 2.75) is 25.1 Å². The Morgan fingerprint density at radius 1 is 1.19 bits per heavy atom. The first-order valence-corrected chi connectivity index (χ1v) is 8.33. The van der Waals surface area contributed by atoms with Gasteiger partial charge < -0.3 is 9.64 Å². The highest BCUT2D eigenvalue weighted by Gasteiger charge is 2.60. The van der Waals surface area contributed by atoms with Crippen LogP contribution in [0.15, 0.2) is 48.7 Å². The third-order valence-electron chi connectivity index (χ3n) is 4.95. The Bertz CT molecular complexity index is 899. The van der Waals surface area contributed by atoms with Crippen molar-refractivity contribution >= 4 is 23.5 Å². The fourth-order valence-corrected chi connectivity index (χ4v) is 3.63. The molecule has 132 valence electrons. The van der Waals surface area contributed by atoms with Gasteiger partial charge in [-0.2, -0.15) is 0 Å². The standard InChI is InChI=1S/C19H17N3O4/c1-21-17(24)14-7-2-3-8-15(14)22-16(23)9-10-19(21,22)18(25)26-12-13-6-4-5-11-20-13/h2-8,11H,9-10,12H2,1H3. The molecular weight excluding hydrogens is 334 g/mol. The Labute approximate surface area is 150 Å². The minimum Gasteiger partial charge on any atom is -0.456 e. The van der Waals surface area contributed by atoms with Crippen molar-refractivity contribution in [3.63, 3.8) is 0 Å². The van der Waals surface area contributed by atoms with Crippen LogP contribution in [0.5, 0.6) is 0 Å². The van der Waals surface area contributed by atoms with E-state index in [1.54, 1.807) is 48.7 Å². The molecule has 1 fully saturated rings. The summed E-state index contributed by atoms with van der Waals surface area (Å²) in [6, 6.07) is 12.1. The van der Waals surface area contributed by atoms with Gasteiger partial charge in [0.15, 0.2) is 0 Å². The summed E-state index contributed by atoms with van der Waals surface area (Å²) in [5.41, 5.74) is 0.00158. The molecule has 1 atom stereocenters. The van der Waals surface area contributed by atoms with E-state index in [4.69, 9.17) is 4.74 Å². The molecule has 0 N–H and O–H groups in total. The molecule has 3 heterocycles. The molecule has 0 bridgehead atoms. The van der Waals surface area contributed by atoms with E-state index < -0.39 is 11.6 Å². The zero-order valence-electron chi connectivity index (χ0n) is 14.2. The molecule has 0 radical (unpaired) electrons. The summed E-state index contributed by atoms with van der Waals surface area (Å²) < 4.78 is 5.47. The Hall–Kier alpha value is -3.22. The van der Waals surface area contributed by atoms with Crippen LogP contribution in [-0.2, 0) is 20.9 Å². The van der Waals surface area contributed by atoms with Gasteiger partial charge in [-0.25, -0.2) is 4.79 Å². The number of aromatic nitrogens is 1. The number of anilines is 1. The van der Waals surface area contributed by atoms with E-state index in [0.717, 1.165) is 0 Å². The van der Waals surface area contributed by atoms with Crippen LogP contribution in [0.25, 0.3) is 0 Å². The van der Waals surface area contributed by atoms with Crippen molar-refractivity contribution in [1.82, 2.24) is 9.88 Å². The number of fused-ring (bicyclic) bond motifs is 3. The van der Waals surface area contributed by atoms with Crippen molar-refractivity contribution in [3.8, 4) is 0 Å². The first-order valence-electron chi connectivity index (χ1n) is 8.33. The molecule has 2 amide bonds. The monoisotopic (exact) mass is 351 g/mol. The second-order valence-electron chi connectivity index (χ2n) is 6.32. The Balaban J connectivity index is 1.72. The fourth-order valence-electron chi connectivity index (χ4n) is 3.63. The minimum atomic E-state index is -1.45. The molecular formula is C19H17N3O4.